The van der Waals surface area contributed by atoms with Crippen molar-refractivity contribution in [3.63, 3.8) is 0 Å². The van der Waals surface area contributed by atoms with Crippen LogP contribution in [0.3, 0.4) is 0 Å². The Balaban J connectivity index is 1.87. The summed E-state index contributed by atoms with van der Waals surface area (Å²) in [6, 6.07) is 7.44. The molecule has 1 heterocycles. The van der Waals surface area contributed by atoms with E-state index in [9.17, 15) is 9.59 Å². The number of likely N-dealkylation sites (N-methyl/N-ethyl adjacent to an activating group) is 1. The van der Waals surface area contributed by atoms with Gasteiger partial charge in [-0.25, -0.2) is 0 Å². The molecule has 1 saturated carbocycles. The van der Waals surface area contributed by atoms with E-state index in [0.29, 0.717) is 5.75 Å². The van der Waals surface area contributed by atoms with E-state index in [-0.39, 0.29) is 24.3 Å². The monoisotopic (exact) mass is 302 g/mol. The van der Waals surface area contributed by atoms with E-state index >= 15 is 0 Å². The maximum absolute atomic E-state index is 12.9. The zero-order chi connectivity index (χ0) is 15.5. The number of carbonyl (C=O) groups is 2. The number of nitrogens with one attached hydrogen (secondary N) is 1. The molecule has 0 unspecified atom stereocenters. The van der Waals surface area contributed by atoms with Crippen molar-refractivity contribution in [2.75, 3.05) is 18.5 Å². The molecule has 1 atom stereocenters. The Morgan fingerprint density at radius 2 is 1.91 bits per heavy atom. The van der Waals surface area contributed by atoms with Crippen LogP contribution >= 0.6 is 0 Å². The number of hydrogen-bond acceptors (Lipinski definition) is 3. The van der Waals surface area contributed by atoms with Crippen LogP contribution in [0, 0.1) is 5.92 Å². The van der Waals surface area contributed by atoms with E-state index in [4.69, 9.17) is 4.74 Å². The number of rotatable bonds is 2. The van der Waals surface area contributed by atoms with Crippen LogP contribution in [0.2, 0.25) is 0 Å². The number of benzene rings is 1. The van der Waals surface area contributed by atoms with E-state index < -0.39 is 6.10 Å². The SMILES string of the molecule is CNC(=O)[C@H]1CN(C(=O)C2CCCCC2)c2ccccc2O1. The fourth-order valence-electron chi connectivity index (χ4n) is 3.31. The molecule has 3 rings (SSSR count). The fraction of sp³-hybridized carbons (Fsp3) is 0.529. The lowest BCUT2D eigenvalue weighted by molar-refractivity contribution is -0.128. The van der Waals surface area contributed by atoms with Gasteiger partial charge < -0.3 is 15.0 Å². The predicted octanol–water partition coefficient (Wildman–Crippen LogP) is 2.11. The van der Waals surface area contributed by atoms with Gasteiger partial charge in [0.05, 0.1) is 12.2 Å². The van der Waals surface area contributed by atoms with Crippen molar-refractivity contribution in [3.8, 4) is 5.75 Å². The first kappa shape index (κ1) is 14.9. The third-order valence-electron chi connectivity index (χ3n) is 4.53. The van der Waals surface area contributed by atoms with Crippen molar-refractivity contribution in [2.24, 2.45) is 5.92 Å². The first-order valence-electron chi connectivity index (χ1n) is 7.99. The second-order valence-corrected chi connectivity index (χ2v) is 5.97. The molecule has 1 aromatic carbocycles. The molecule has 0 bridgehead atoms. The highest BCUT2D eigenvalue weighted by Gasteiger charge is 2.36. The summed E-state index contributed by atoms with van der Waals surface area (Å²) in [5, 5.41) is 2.60. The number of para-hydroxylation sites is 2. The van der Waals surface area contributed by atoms with E-state index in [0.717, 1.165) is 31.4 Å². The normalized spacial score (nSPS) is 21.7. The van der Waals surface area contributed by atoms with Gasteiger partial charge in [-0.1, -0.05) is 31.4 Å². The summed E-state index contributed by atoms with van der Waals surface area (Å²) in [6.45, 7) is 0.284. The van der Waals surface area contributed by atoms with Gasteiger partial charge in [0, 0.05) is 13.0 Å². The number of fused-ring (bicyclic) bond motifs is 1. The molecule has 0 aromatic heterocycles. The fourth-order valence-corrected chi connectivity index (χ4v) is 3.31. The lowest BCUT2D eigenvalue weighted by atomic mass is 9.88. The topological polar surface area (TPSA) is 58.6 Å². The molecule has 2 amide bonds. The molecule has 1 fully saturated rings. The summed E-state index contributed by atoms with van der Waals surface area (Å²) in [7, 11) is 1.58. The summed E-state index contributed by atoms with van der Waals surface area (Å²) in [4.78, 5) is 26.6. The Bertz CT molecular complexity index is 567. The highest BCUT2D eigenvalue weighted by Crippen LogP contribution is 2.36. The van der Waals surface area contributed by atoms with E-state index in [1.54, 1.807) is 11.9 Å². The number of hydrogen-bond donors (Lipinski definition) is 1. The molecule has 0 spiro atoms. The molecule has 0 saturated heterocycles. The average molecular weight is 302 g/mol. The Hall–Kier alpha value is -2.04. The molecular weight excluding hydrogens is 280 g/mol. The van der Waals surface area contributed by atoms with Crippen molar-refractivity contribution in [2.45, 2.75) is 38.2 Å². The number of carbonyl (C=O) groups excluding carboxylic acids is 2. The van der Waals surface area contributed by atoms with Gasteiger partial charge in [0.2, 0.25) is 5.91 Å². The van der Waals surface area contributed by atoms with Crippen LogP contribution in [0.5, 0.6) is 5.75 Å². The van der Waals surface area contributed by atoms with Gasteiger partial charge in [-0.05, 0) is 25.0 Å². The molecule has 5 nitrogen and oxygen atoms in total. The summed E-state index contributed by atoms with van der Waals surface area (Å²) in [5.41, 5.74) is 0.776. The molecule has 1 aliphatic carbocycles. The maximum atomic E-state index is 12.9. The minimum Gasteiger partial charge on any atom is -0.477 e. The van der Waals surface area contributed by atoms with Crippen LogP contribution in [0.1, 0.15) is 32.1 Å². The van der Waals surface area contributed by atoms with Crippen molar-refractivity contribution < 1.29 is 14.3 Å². The molecule has 5 heteroatoms. The Labute approximate surface area is 130 Å². The second kappa shape index (κ2) is 6.38. The van der Waals surface area contributed by atoms with Crippen LogP contribution in [0.4, 0.5) is 5.69 Å². The van der Waals surface area contributed by atoms with Gasteiger partial charge in [-0.3, -0.25) is 9.59 Å². The molecule has 1 aromatic rings. The smallest absolute Gasteiger partial charge is 0.262 e. The first-order chi connectivity index (χ1) is 10.7. The predicted molar refractivity (Wildman–Crippen MR) is 83.9 cm³/mol. The van der Waals surface area contributed by atoms with Crippen LogP contribution in [0.25, 0.3) is 0 Å². The van der Waals surface area contributed by atoms with Gasteiger partial charge in [-0.15, -0.1) is 0 Å². The second-order valence-electron chi connectivity index (χ2n) is 5.97. The average Bonchev–Trinajstić information content (AvgIpc) is 2.60. The largest absolute Gasteiger partial charge is 0.477 e. The number of nitrogens with zero attached hydrogens (tertiary/aromatic N) is 1. The van der Waals surface area contributed by atoms with Gasteiger partial charge >= 0.3 is 0 Å². The standard InChI is InChI=1S/C17H22N2O3/c1-18-16(20)15-11-19(13-9-5-6-10-14(13)22-15)17(21)12-7-3-2-4-8-12/h5-6,9-10,12,15H,2-4,7-8,11H2,1H3,(H,18,20)/t15-/m1/s1. The summed E-state index contributed by atoms with van der Waals surface area (Å²) < 4.78 is 5.75. The first-order valence-corrected chi connectivity index (χ1v) is 7.99. The minimum absolute atomic E-state index is 0.0743. The van der Waals surface area contributed by atoms with Crippen molar-refractivity contribution >= 4 is 17.5 Å². The molecular formula is C17H22N2O3. The zero-order valence-corrected chi connectivity index (χ0v) is 12.9. The molecule has 1 aliphatic heterocycles. The maximum Gasteiger partial charge on any atom is 0.262 e. The van der Waals surface area contributed by atoms with Gasteiger partial charge in [0.25, 0.3) is 5.91 Å². The van der Waals surface area contributed by atoms with E-state index in [1.165, 1.54) is 6.42 Å². The molecule has 2 aliphatic rings. The van der Waals surface area contributed by atoms with Crippen LogP contribution in [0.15, 0.2) is 24.3 Å². The number of ether oxygens (including phenoxy) is 1. The van der Waals surface area contributed by atoms with Crippen molar-refractivity contribution in [1.29, 1.82) is 0 Å². The Kier molecular flexibility index (Phi) is 4.32. The zero-order valence-electron chi connectivity index (χ0n) is 12.9. The number of anilines is 1. The molecule has 1 N–H and O–H groups in total. The highest BCUT2D eigenvalue weighted by molar-refractivity contribution is 5.98. The van der Waals surface area contributed by atoms with E-state index in [1.807, 2.05) is 24.3 Å². The molecule has 118 valence electrons. The van der Waals surface area contributed by atoms with Crippen LogP contribution < -0.4 is 15.0 Å². The Morgan fingerprint density at radius 1 is 1.18 bits per heavy atom. The van der Waals surface area contributed by atoms with Crippen molar-refractivity contribution in [3.05, 3.63) is 24.3 Å². The quantitative estimate of drug-likeness (QED) is 0.910. The van der Waals surface area contributed by atoms with E-state index in [2.05, 4.69) is 5.32 Å². The van der Waals surface area contributed by atoms with Crippen LogP contribution in [-0.4, -0.2) is 31.5 Å². The third-order valence-corrected chi connectivity index (χ3v) is 4.53. The van der Waals surface area contributed by atoms with Crippen molar-refractivity contribution in [1.82, 2.24) is 5.32 Å². The van der Waals surface area contributed by atoms with Gasteiger partial charge in [-0.2, -0.15) is 0 Å². The lowest BCUT2D eigenvalue weighted by Gasteiger charge is -2.36. The molecule has 0 radical (unpaired) electrons. The van der Waals surface area contributed by atoms with Gasteiger partial charge in [0.1, 0.15) is 5.75 Å². The highest BCUT2D eigenvalue weighted by atomic mass is 16.5. The van der Waals surface area contributed by atoms with Gasteiger partial charge in [0.15, 0.2) is 6.10 Å². The summed E-state index contributed by atoms with van der Waals surface area (Å²) >= 11 is 0. The number of amides is 2. The molecule has 22 heavy (non-hydrogen) atoms. The summed E-state index contributed by atoms with van der Waals surface area (Å²) in [5.74, 6) is 0.608. The van der Waals surface area contributed by atoms with Crippen LogP contribution in [-0.2, 0) is 9.59 Å². The minimum atomic E-state index is -0.646. The lowest BCUT2D eigenvalue weighted by Crippen LogP contribution is -2.51. The summed E-state index contributed by atoms with van der Waals surface area (Å²) in [6.07, 6.45) is 4.69. The Morgan fingerprint density at radius 3 is 2.64 bits per heavy atom. The third kappa shape index (κ3) is 2.80.